The van der Waals surface area contributed by atoms with E-state index in [4.69, 9.17) is 4.74 Å². The third-order valence-corrected chi connectivity index (χ3v) is 9.55. The summed E-state index contributed by atoms with van der Waals surface area (Å²) in [6.07, 6.45) is 5.63. The van der Waals surface area contributed by atoms with E-state index >= 15 is 0 Å². The van der Waals surface area contributed by atoms with Gasteiger partial charge in [0.2, 0.25) is 5.91 Å². The summed E-state index contributed by atoms with van der Waals surface area (Å²) < 4.78 is 7.18. The molecule has 5 rings (SSSR count). The van der Waals surface area contributed by atoms with Crippen LogP contribution in [0.4, 0.5) is 5.00 Å². The van der Waals surface area contributed by atoms with Gasteiger partial charge in [0.05, 0.1) is 12.9 Å². The lowest BCUT2D eigenvalue weighted by Gasteiger charge is -2.13. The minimum absolute atomic E-state index is 0.155. The average molecular weight is 567 g/mol. The number of rotatable bonds is 9. The lowest BCUT2D eigenvalue weighted by Crippen LogP contribution is -2.16. The fourth-order valence-corrected chi connectivity index (χ4v) is 7.56. The molecular formula is C28H30N4O3S3. The number of nitrogens with one attached hydrogen (secondary N) is 1. The third kappa shape index (κ3) is 5.43. The summed E-state index contributed by atoms with van der Waals surface area (Å²) in [7, 11) is 1.35. The maximum atomic E-state index is 13.0. The summed E-state index contributed by atoms with van der Waals surface area (Å²) in [6.45, 7) is 4.93. The summed E-state index contributed by atoms with van der Waals surface area (Å²) >= 11 is 4.51. The first kappa shape index (κ1) is 26.6. The van der Waals surface area contributed by atoms with E-state index in [1.165, 1.54) is 59.1 Å². The molecule has 0 atom stereocenters. The van der Waals surface area contributed by atoms with Gasteiger partial charge in [-0.2, -0.15) is 0 Å². The van der Waals surface area contributed by atoms with Crippen LogP contribution in [0.2, 0.25) is 0 Å². The van der Waals surface area contributed by atoms with Crippen molar-refractivity contribution in [3.8, 4) is 22.5 Å². The Kier molecular flexibility index (Phi) is 8.30. The Labute approximate surface area is 234 Å². The zero-order chi connectivity index (χ0) is 26.6. The largest absolute Gasteiger partial charge is 0.465 e. The van der Waals surface area contributed by atoms with Crippen molar-refractivity contribution in [2.24, 2.45) is 0 Å². The van der Waals surface area contributed by atoms with E-state index in [-0.39, 0.29) is 11.7 Å². The SMILES string of the molecule is CCCn1c(SCC(=O)Nc2scc(-c3ccc(C)cc3)c2C(=O)OC)nnc1-c1csc2c1CCCC2. The molecule has 1 aromatic carbocycles. The van der Waals surface area contributed by atoms with Crippen molar-refractivity contribution in [2.45, 2.75) is 57.7 Å². The van der Waals surface area contributed by atoms with Gasteiger partial charge in [0, 0.05) is 33.3 Å². The number of hydrogen-bond donors (Lipinski definition) is 1. The van der Waals surface area contributed by atoms with Crippen LogP contribution in [0.15, 0.2) is 40.2 Å². The van der Waals surface area contributed by atoms with Gasteiger partial charge >= 0.3 is 5.97 Å². The number of benzene rings is 1. The summed E-state index contributed by atoms with van der Waals surface area (Å²) in [4.78, 5) is 27.1. The van der Waals surface area contributed by atoms with E-state index in [1.807, 2.05) is 47.9 Å². The molecule has 0 bridgehead atoms. The molecule has 0 saturated carbocycles. The molecule has 198 valence electrons. The van der Waals surface area contributed by atoms with Crippen molar-refractivity contribution in [1.29, 1.82) is 0 Å². The smallest absolute Gasteiger partial charge is 0.341 e. The number of aromatic nitrogens is 3. The van der Waals surface area contributed by atoms with Crippen LogP contribution in [-0.4, -0.2) is 39.5 Å². The molecule has 0 saturated heterocycles. The van der Waals surface area contributed by atoms with Crippen LogP contribution in [0, 0.1) is 6.92 Å². The Morgan fingerprint density at radius 1 is 1.08 bits per heavy atom. The molecule has 0 unspecified atom stereocenters. The highest BCUT2D eigenvalue weighted by Gasteiger charge is 2.24. The molecule has 4 aromatic rings. The van der Waals surface area contributed by atoms with Gasteiger partial charge in [-0.3, -0.25) is 4.79 Å². The molecule has 0 fully saturated rings. The molecule has 3 aromatic heterocycles. The predicted molar refractivity (Wildman–Crippen MR) is 155 cm³/mol. The fourth-order valence-electron chi connectivity index (χ4n) is 4.69. The highest BCUT2D eigenvalue weighted by Crippen LogP contribution is 2.38. The molecule has 1 amide bonds. The Bertz CT molecular complexity index is 1450. The first-order valence-corrected chi connectivity index (χ1v) is 15.5. The van der Waals surface area contributed by atoms with Crippen LogP contribution in [-0.2, 0) is 28.9 Å². The number of thioether (sulfide) groups is 1. The lowest BCUT2D eigenvalue weighted by molar-refractivity contribution is -0.113. The number of nitrogens with zero attached hydrogens (tertiary/aromatic N) is 3. The second kappa shape index (κ2) is 11.8. The molecule has 1 N–H and O–H groups in total. The summed E-state index contributed by atoms with van der Waals surface area (Å²) in [5.74, 6) is 0.361. The van der Waals surface area contributed by atoms with Gasteiger partial charge in [0.15, 0.2) is 11.0 Å². The van der Waals surface area contributed by atoms with Gasteiger partial charge in [0.1, 0.15) is 10.6 Å². The number of ether oxygens (including phenoxy) is 1. The second-order valence-corrected chi connectivity index (χ2v) is 12.1. The maximum absolute atomic E-state index is 13.0. The molecule has 3 heterocycles. The standard InChI is InChI=1S/C28H30N4O3S3/c1-4-13-32-25(21-15-36-22-8-6-5-7-19(21)22)30-31-28(32)38-16-23(33)29-26-24(27(34)35-3)20(14-37-26)18-11-9-17(2)10-12-18/h9-12,14-15H,4-8,13,16H2,1-3H3,(H,29,33). The quantitative estimate of drug-likeness (QED) is 0.176. The van der Waals surface area contributed by atoms with E-state index in [9.17, 15) is 9.59 Å². The minimum atomic E-state index is -0.476. The highest BCUT2D eigenvalue weighted by atomic mass is 32.2. The fraction of sp³-hybridized carbons (Fsp3) is 0.357. The summed E-state index contributed by atoms with van der Waals surface area (Å²) in [5, 5.41) is 17.2. The normalized spacial score (nSPS) is 12.8. The van der Waals surface area contributed by atoms with Crippen LogP contribution in [0.5, 0.6) is 0 Å². The number of methoxy groups -OCH3 is 1. The van der Waals surface area contributed by atoms with Gasteiger partial charge in [-0.15, -0.1) is 32.9 Å². The average Bonchev–Trinajstić information content (AvgIpc) is 3.65. The third-order valence-electron chi connectivity index (χ3n) is 6.59. The van der Waals surface area contributed by atoms with Crippen molar-refractivity contribution in [3.63, 3.8) is 0 Å². The van der Waals surface area contributed by atoms with Crippen LogP contribution < -0.4 is 5.32 Å². The van der Waals surface area contributed by atoms with Gasteiger partial charge in [-0.1, -0.05) is 48.5 Å². The van der Waals surface area contributed by atoms with Gasteiger partial charge in [0.25, 0.3) is 0 Å². The van der Waals surface area contributed by atoms with Crippen molar-refractivity contribution in [1.82, 2.24) is 14.8 Å². The molecule has 1 aliphatic carbocycles. The Balaban J connectivity index is 1.33. The number of thiophene rings is 2. The Morgan fingerprint density at radius 2 is 1.84 bits per heavy atom. The number of anilines is 1. The van der Waals surface area contributed by atoms with Gasteiger partial charge in [-0.05, 0) is 50.2 Å². The number of hydrogen-bond acceptors (Lipinski definition) is 8. The van der Waals surface area contributed by atoms with Crippen LogP contribution in [0.25, 0.3) is 22.5 Å². The molecule has 10 heteroatoms. The highest BCUT2D eigenvalue weighted by molar-refractivity contribution is 7.99. The monoisotopic (exact) mass is 566 g/mol. The van der Waals surface area contributed by atoms with E-state index in [0.717, 1.165) is 53.5 Å². The number of carbonyl (C=O) groups is 2. The number of fused-ring (bicyclic) bond motifs is 1. The summed E-state index contributed by atoms with van der Waals surface area (Å²) in [6, 6.07) is 7.92. The second-order valence-electron chi connectivity index (χ2n) is 9.26. The molecule has 1 aliphatic rings. The van der Waals surface area contributed by atoms with E-state index in [2.05, 4.69) is 32.4 Å². The van der Waals surface area contributed by atoms with Crippen LogP contribution in [0.3, 0.4) is 0 Å². The van der Waals surface area contributed by atoms with E-state index in [0.29, 0.717) is 10.6 Å². The number of amides is 1. The van der Waals surface area contributed by atoms with Gasteiger partial charge in [-0.25, -0.2) is 4.79 Å². The molecular weight excluding hydrogens is 537 g/mol. The molecule has 0 spiro atoms. The van der Waals surface area contributed by atoms with Crippen molar-refractivity contribution in [2.75, 3.05) is 18.2 Å². The summed E-state index contributed by atoms with van der Waals surface area (Å²) in [5.41, 5.74) is 5.75. The minimum Gasteiger partial charge on any atom is -0.465 e. The van der Waals surface area contributed by atoms with Crippen LogP contribution in [0.1, 0.15) is 52.5 Å². The number of aryl methyl sites for hydroxylation is 2. The van der Waals surface area contributed by atoms with Crippen molar-refractivity contribution in [3.05, 3.63) is 56.6 Å². The van der Waals surface area contributed by atoms with E-state index in [1.54, 1.807) is 0 Å². The first-order valence-electron chi connectivity index (χ1n) is 12.7. The lowest BCUT2D eigenvalue weighted by atomic mass is 9.95. The van der Waals surface area contributed by atoms with Crippen LogP contribution >= 0.6 is 34.4 Å². The first-order chi connectivity index (χ1) is 18.5. The number of esters is 1. The van der Waals surface area contributed by atoms with Crippen molar-refractivity contribution >= 4 is 51.3 Å². The molecule has 0 aliphatic heterocycles. The molecule has 0 radical (unpaired) electrons. The zero-order valence-electron chi connectivity index (χ0n) is 21.7. The molecule has 38 heavy (non-hydrogen) atoms. The van der Waals surface area contributed by atoms with Crippen molar-refractivity contribution < 1.29 is 14.3 Å². The Hall–Kier alpha value is -2.95. The van der Waals surface area contributed by atoms with E-state index < -0.39 is 5.97 Å². The topological polar surface area (TPSA) is 86.1 Å². The maximum Gasteiger partial charge on any atom is 0.341 e. The Morgan fingerprint density at radius 3 is 2.61 bits per heavy atom. The van der Waals surface area contributed by atoms with Gasteiger partial charge < -0.3 is 14.6 Å². The molecule has 7 nitrogen and oxygen atoms in total. The zero-order valence-corrected chi connectivity index (χ0v) is 24.2. The number of carbonyl (C=O) groups excluding carboxylic acids is 2. The predicted octanol–water partition coefficient (Wildman–Crippen LogP) is 6.85.